The highest BCUT2D eigenvalue weighted by atomic mass is 16.5. The summed E-state index contributed by atoms with van der Waals surface area (Å²) in [5.41, 5.74) is 3.02. The van der Waals surface area contributed by atoms with Gasteiger partial charge in [-0.15, -0.1) is 0 Å². The van der Waals surface area contributed by atoms with Crippen LogP contribution >= 0.6 is 0 Å². The average molecular weight is 323 g/mol. The van der Waals surface area contributed by atoms with Gasteiger partial charge in [0.05, 0.1) is 11.2 Å². The van der Waals surface area contributed by atoms with Gasteiger partial charge in [-0.25, -0.2) is 4.98 Å². The maximum Gasteiger partial charge on any atom is 0.128 e. The van der Waals surface area contributed by atoms with Gasteiger partial charge in [0.15, 0.2) is 0 Å². The van der Waals surface area contributed by atoms with Gasteiger partial charge >= 0.3 is 0 Å². The Labute approximate surface area is 147 Å². The van der Waals surface area contributed by atoms with Crippen LogP contribution in [0.5, 0.6) is 11.5 Å². The lowest BCUT2D eigenvalue weighted by atomic mass is 10.1. The molecule has 0 saturated heterocycles. The molecule has 2 nitrogen and oxygen atoms in total. The molecule has 0 N–H and O–H groups in total. The summed E-state index contributed by atoms with van der Waals surface area (Å²) in [6.45, 7) is 0. The van der Waals surface area contributed by atoms with Crippen molar-refractivity contribution in [2.24, 2.45) is 0 Å². The van der Waals surface area contributed by atoms with Crippen molar-refractivity contribution in [1.29, 1.82) is 0 Å². The molecule has 3 aromatic carbocycles. The summed E-state index contributed by atoms with van der Waals surface area (Å²) in [6.07, 6.45) is 4.07. The van der Waals surface area contributed by atoms with Crippen LogP contribution in [-0.4, -0.2) is 4.98 Å². The number of rotatable bonds is 4. The largest absolute Gasteiger partial charge is 0.457 e. The second-order valence-corrected chi connectivity index (χ2v) is 5.75. The van der Waals surface area contributed by atoms with Crippen molar-refractivity contribution in [3.63, 3.8) is 0 Å². The van der Waals surface area contributed by atoms with E-state index in [4.69, 9.17) is 4.74 Å². The van der Waals surface area contributed by atoms with E-state index in [9.17, 15) is 0 Å². The fraction of sp³-hybridized carbons (Fsp3) is 0. The highest BCUT2D eigenvalue weighted by molar-refractivity contribution is 5.80. The smallest absolute Gasteiger partial charge is 0.128 e. The van der Waals surface area contributed by atoms with Crippen LogP contribution in [0.2, 0.25) is 0 Å². The van der Waals surface area contributed by atoms with Gasteiger partial charge in [0, 0.05) is 5.39 Å². The van der Waals surface area contributed by atoms with Gasteiger partial charge in [0.25, 0.3) is 0 Å². The van der Waals surface area contributed by atoms with Crippen LogP contribution in [0.25, 0.3) is 23.1 Å². The Bertz CT molecular complexity index is 1020. The molecule has 1 aromatic heterocycles. The third-order valence-electron chi connectivity index (χ3n) is 3.90. The lowest BCUT2D eigenvalue weighted by molar-refractivity contribution is 0.482. The van der Waals surface area contributed by atoms with Gasteiger partial charge < -0.3 is 4.74 Å². The minimum absolute atomic E-state index is 0.819. The average Bonchev–Trinajstić information content (AvgIpc) is 2.67. The minimum atomic E-state index is 0.819. The van der Waals surface area contributed by atoms with Crippen molar-refractivity contribution in [2.45, 2.75) is 0 Å². The molecule has 120 valence electrons. The maximum atomic E-state index is 5.88. The predicted octanol–water partition coefficient (Wildman–Crippen LogP) is 6.20. The lowest BCUT2D eigenvalue weighted by Crippen LogP contribution is -1.84. The van der Waals surface area contributed by atoms with Crippen molar-refractivity contribution in [2.75, 3.05) is 0 Å². The first-order valence-electron chi connectivity index (χ1n) is 8.24. The van der Waals surface area contributed by atoms with Gasteiger partial charge in [-0.2, -0.15) is 0 Å². The zero-order valence-corrected chi connectivity index (χ0v) is 13.7. The van der Waals surface area contributed by atoms with Crippen molar-refractivity contribution >= 4 is 23.1 Å². The fourth-order valence-electron chi connectivity index (χ4n) is 2.66. The van der Waals surface area contributed by atoms with Gasteiger partial charge in [-0.05, 0) is 48.0 Å². The first-order chi connectivity index (χ1) is 12.4. The van der Waals surface area contributed by atoms with Crippen molar-refractivity contribution < 1.29 is 4.74 Å². The molecule has 0 aliphatic carbocycles. The Balaban J connectivity index is 1.55. The molecule has 0 aliphatic heterocycles. The Morgan fingerprint density at radius 2 is 1.44 bits per heavy atom. The molecule has 0 aliphatic rings. The van der Waals surface area contributed by atoms with Crippen molar-refractivity contribution in [1.82, 2.24) is 4.98 Å². The second-order valence-electron chi connectivity index (χ2n) is 5.75. The number of hydrogen-bond acceptors (Lipinski definition) is 2. The molecular weight excluding hydrogens is 306 g/mol. The molecule has 0 saturated carbocycles. The van der Waals surface area contributed by atoms with E-state index < -0.39 is 0 Å². The van der Waals surface area contributed by atoms with E-state index in [1.807, 2.05) is 78.9 Å². The molecule has 2 heteroatoms. The molecule has 0 spiro atoms. The predicted molar refractivity (Wildman–Crippen MR) is 104 cm³/mol. The standard InChI is InChI=1S/C23H17NO/c1-2-9-21(10-3-1)25-22-11-6-7-18(17-22)13-15-20-16-14-19-8-4-5-12-23(19)24-20/h1-17H. The molecule has 0 unspecified atom stereocenters. The number of hydrogen-bond donors (Lipinski definition) is 0. The van der Waals surface area contributed by atoms with E-state index in [1.54, 1.807) is 0 Å². The Hall–Kier alpha value is -3.39. The maximum absolute atomic E-state index is 5.88. The summed E-state index contributed by atoms with van der Waals surface area (Å²) in [6, 6.07) is 30.1. The zero-order chi connectivity index (χ0) is 16.9. The van der Waals surface area contributed by atoms with Crippen molar-refractivity contribution in [3.05, 3.63) is 102 Å². The van der Waals surface area contributed by atoms with Crippen LogP contribution in [0.3, 0.4) is 0 Å². The number of aromatic nitrogens is 1. The highest BCUT2D eigenvalue weighted by Crippen LogP contribution is 2.22. The van der Waals surface area contributed by atoms with Gasteiger partial charge in [-0.1, -0.05) is 60.7 Å². The number of fused-ring (bicyclic) bond motifs is 1. The van der Waals surface area contributed by atoms with Crippen molar-refractivity contribution in [3.8, 4) is 11.5 Å². The number of nitrogens with zero attached hydrogens (tertiary/aromatic N) is 1. The van der Waals surface area contributed by atoms with E-state index in [0.29, 0.717) is 0 Å². The SMILES string of the molecule is C(=Cc1ccc2ccccc2n1)c1cccc(Oc2ccccc2)c1. The molecule has 4 aromatic rings. The van der Waals surface area contributed by atoms with Gasteiger partial charge in [0.2, 0.25) is 0 Å². The molecule has 0 fully saturated rings. The molecule has 25 heavy (non-hydrogen) atoms. The topological polar surface area (TPSA) is 22.1 Å². The minimum Gasteiger partial charge on any atom is -0.457 e. The quantitative estimate of drug-likeness (QED) is 0.446. The van der Waals surface area contributed by atoms with Crippen LogP contribution < -0.4 is 4.74 Å². The first-order valence-corrected chi connectivity index (χ1v) is 8.24. The molecule has 0 radical (unpaired) electrons. The van der Waals surface area contributed by atoms with E-state index in [1.165, 1.54) is 0 Å². The summed E-state index contributed by atoms with van der Waals surface area (Å²) in [5, 5.41) is 1.15. The monoisotopic (exact) mass is 323 g/mol. The Morgan fingerprint density at radius 3 is 2.36 bits per heavy atom. The third-order valence-corrected chi connectivity index (χ3v) is 3.90. The first kappa shape index (κ1) is 15.2. The zero-order valence-electron chi connectivity index (χ0n) is 13.7. The summed E-state index contributed by atoms with van der Waals surface area (Å²) < 4.78 is 5.88. The molecular formula is C23H17NO. The van der Waals surface area contributed by atoms with Crippen LogP contribution in [-0.2, 0) is 0 Å². The molecule has 4 rings (SSSR count). The summed E-state index contributed by atoms with van der Waals surface area (Å²) in [5.74, 6) is 1.65. The number of ether oxygens (including phenoxy) is 1. The summed E-state index contributed by atoms with van der Waals surface area (Å²) in [7, 11) is 0. The molecule has 1 heterocycles. The summed E-state index contributed by atoms with van der Waals surface area (Å²) >= 11 is 0. The third kappa shape index (κ3) is 3.75. The van der Waals surface area contributed by atoms with Gasteiger partial charge in [0.1, 0.15) is 11.5 Å². The molecule has 0 amide bonds. The normalized spacial score (nSPS) is 11.0. The van der Waals surface area contributed by atoms with Crippen LogP contribution in [0.1, 0.15) is 11.3 Å². The Morgan fingerprint density at radius 1 is 0.640 bits per heavy atom. The number of pyridine rings is 1. The number of benzene rings is 3. The van der Waals surface area contributed by atoms with Crippen LogP contribution in [0.4, 0.5) is 0 Å². The van der Waals surface area contributed by atoms with E-state index in [-0.39, 0.29) is 0 Å². The van der Waals surface area contributed by atoms with Crippen LogP contribution in [0.15, 0.2) is 91.0 Å². The van der Waals surface area contributed by atoms with E-state index >= 15 is 0 Å². The highest BCUT2D eigenvalue weighted by Gasteiger charge is 1.98. The lowest BCUT2D eigenvalue weighted by Gasteiger charge is -2.06. The number of para-hydroxylation sites is 2. The van der Waals surface area contributed by atoms with E-state index in [0.717, 1.165) is 33.7 Å². The fourth-order valence-corrected chi connectivity index (χ4v) is 2.66. The van der Waals surface area contributed by atoms with E-state index in [2.05, 4.69) is 29.3 Å². The van der Waals surface area contributed by atoms with Crippen LogP contribution in [0, 0.1) is 0 Å². The van der Waals surface area contributed by atoms with Gasteiger partial charge in [-0.3, -0.25) is 0 Å². The summed E-state index contributed by atoms with van der Waals surface area (Å²) in [4.78, 5) is 4.66. The second kappa shape index (κ2) is 7.02. The molecule has 0 atom stereocenters. The molecule has 0 bridgehead atoms. The Kier molecular flexibility index (Phi) is 4.25.